The van der Waals surface area contributed by atoms with Gasteiger partial charge in [-0.05, 0) is 70.2 Å². The van der Waals surface area contributed by atoms with E-state index in [2.05, 4.69) is 29.4 Å². The van der Waals surface area contributed by atoms with Crippen molar-refractivity contribution in [2.75, 3.05) is 25.5 Å². The van der Waals surface area contributed by atoms with Crippen LogP contribution in [0.25, 0.3) is 0 Å². The Morgan fingerprint density at radius 2 is 1.27 bits per heavy atom. The Hall–Kier alpha value is -3.89. The molecule has 0 spiro atoms. The number of halogens is 1. The van der Waals surface area contributed by atoms with Gasteiger partial charge in [0.1, 0.15) is 12.1 Å². The first-order chi connectivity index (χ1) is 24.9. The van der Waals surface area contributed by atoms with Crippen molar-refractivity contribution in [3.05, 3.63) is 71.8 Å². The monoisotopic (exact) mass is 745 g/mol. The van der Waals surface area contributed by atoms with Gasteiger partial charge in [-0.2, -0.15) is 0 Å². The van der Waals surface area contributed by atoms with Gasteiger partial charge in [-0.1, -0.05) is 108 Å². The Bertz CT molecular complexity index is 1260. The molecule has 0 aliphatic heterocycles. The Balaban J connectivity index is 0. The normalized spacial score (nSPS) is 11.8. The number of aliphatic carboxylic acids is 1. The molecule has 2 rings (SSSR count). The van der Waals surface area contributed by atoms with Crippen LogP contribution in [-0.2, 0) is 41.6 Å². The van der Waals surface area contributed by atoms with Crippen LogP contribution in [0.1, 0.15) is 105 Å². The number of carbonyl (C=O) groups excluding carboxylic acids is 5. The number of amides is 2. The number of alkyl halides is 1. The van der Waals surface area contributed by atoms with Crippen molar-refractivity contribution in [3.8, 4) is 0 Å². The summed E-state index contributed by atoms with van der Waals surface area (Å²) in [4.78, 5) is 69.5. The first-order valence-corrected chi connectivity index (χ1v) is 19.0. The highest BCUT2D eigenvalue weighted by atomic mass is 35.5. The average Bonchev–Trinajstić information content (AvgIpc) is 3.13. The molecular formula is C41H64ClN3O7. The van der Waals surface area contributed by atoms with Gasteiger partial charge in [-0.15, -0.1) is 11.6 Å². The van der Waals surface area contributed by atoms with Crippen molar-refractivity contribution in [2.45, 2.75) is 118 Å². The molecule has 2 aromatic carbocycles. The van der Waals surface area contributed by atoms with Gasteiger partial charge < -0.3 is 20.5 Å². The van der Waals surface area contributed by atoms with Crippen molar-refractivity contribution in [1.82, 2.24) is 15.5 Å². The second-order valence-corrected chi connectivity index (χ2v) is 12.5. The molecule has 292 valence electrons. The van der Waals surface area contributed by atoms with Crippen LogP contribution < -0.4 is 10.6 Å². The molecule has 3 atom stereocenters. The predicted octanol–water partition coefficient (Wildman–Crippen LogP) is 6.85. The number of benzene rings is 2. The molecule has 0 saturated heterocycles. The molecule has 0 saturated carbocycles. The molecule has 0 aliphatic carbocycles. The molecule has 3 unspecified atom stereocenters. The number of ketones is 2. The van der Waals surface area contributed by atoms with Gasteiger partial charge in [0.25, 0.3) is 0 Å². The minimum absolute atomic E-state index is 0.110. The van der Waals surface area contributed by atoms with Crippen molar-refractivity contribution in [1.29, 1.82) is 0 Å². The Kier molecular flexibility index (Phi) is 31.9. The summed E-state index contributed by atoms with van der Waals surface area (Å²) < 4.78 is 0. The summed E-state index contributed by atoms with van der Waals surface area (Å²) in [7, 11) is 0. The highest BCUT2D eigenvalue weighted by Gasteiger charge is 2.32. The Morgan fingerprint density at radius 3 is 1.65 bits per heavy atom. The van der Waals surface area contributed by atoms with Crippen molar-refractivity contribution < 1.29 is 33.9 Å². The van der Waals surface area contributed by atoms with Crippen LogP contribution >= 0.6 is 11.6 Å². The van der Waals surface area contributed by atoms with Gasteiger partial charge in [-0.3, -0.25) is 28.9 Å². The molecule has 0 fully saturated rings. The third-order valence-electron chi connectivity index (χ3n) is 7.60. The third kappa shape index (κ3) is 26.0. The summed E-state index contributed by atoms with van der Waals surface area (Å²) in [5.74, 6) is -1.70. The number of hydrogen-bond donors (Lipinski definition) is 3. The van der Waals surface area contributed by atoms with Crippen molar-refractivity contribution in [3.63, 3.8) is 0 Å². The number of rotatable bonds is 21. The summed E-state index contributed by atoms with van der Waals surface area (Å²) in [6.45, 7) is 15.5. The SMILES string of the molecule is CC=O.CCC(=O)O.CCCCC(NC(=O)C(Cc1ccccc1)C(Cc1ccccc1)NC(=O)CC)C(=O)CCl.CCCN(CCC)CC(C)=O. The van der Waals surface area contributed by atoms with Gasteiger partial charge in [-0.25, -0.2) is 0 Å². The van der Waals surface area contributed by atoms with Gasteiger partial charge in [0.05, 0.1) is 24.4 Å². The molecule has 2 amide bonds. The molecule has 0 heterocycles. The van der Waals surface area contributed by atoms with Gasteiger partial charge in [0.15, 0.2) is 5.78 Å². The number of carboxylic acids is 1. The largest absolute Gasteiger partial charge is 0.481 e. The number of unbranched alkanes of at least 4 members (excludes halogenated alkanes) is 1. The highest BCUT2D eigenvalue weighted by Crippen LogP contribution is 2.19. The molecule has 0 bridgehead atoms. The lowest BCUT2D eigenvalue weighted by Gasteiger charge is -2.29. The van der Waals surface area contributed by atoms with E-state index >= 15 is 0 Å². The van der Waals surface area contributed by atoms with E-state index < -0.39 is 24.0 Å². The van der Waals surface area contributed by atoms with E-state index in [0.29, 0.717) is 32.2 Å². The van der Waals surface area contributed by atoms with E-state index in [1.54, 1.807) is 20.8 Å². The third-order valence-corrected chi connectivity index (χ3v) is 7.86. The minimum atomic E-state index is -0.745. The molecule has 52 heavy (non-hydrogen) atoms. The fraction of sp³-hybridized carbons (Fsp3) is 0.561. The fourth-order valence-electron chi connectivity index (χ4n) is 5.07. The summed E-state index contributed by atoms with van der Waals surface area (Å²) in [6.07, 6.45) is 6.81. The van der Waals surface area contributed by atoms with Gasteiger partial charge in [0, 0.05) is 18.9 Å². The zero-order chi connectivity index (χ0) is 39.7. The maximum absolute atomic E-state index is 13.6. The van der Waals surface area contributed by atoms with E-state index in [4.69, 9.17) is 21.5 Å². The molecule has 0 aromatic heterocycles. The van der Waals surface area contributed by atoms with E-state index in [1.165, 1.54) is 6.92 Å². The topological polar surface area (TPSA) is 150 Å². The molecular weight excluding hydrogens is 682 g/mol. The van der Waals surface area contributed by atoms with E-state index in [0.717, 1.165) is 56.2 Å². The number of hydrogen-bond acceptors (Lipinski definition) is 7. The maximum Gasteiger partial charge on any atom is 0.303 e. The summed E-state index contributed by atoms with van der Waals surface area (Å²) >= 11 is 5.82. The number of nitrogens with zero attached hydrogens (tertiary/aromatic N) is 1. The van der Waals surface area contributed by atoms with Crippen LogP contribution in [0.5, 0.6) is 0 Å². The number of carbonyl (C=O) groups is 6. The predicted molar refractivity (Wildman–Crippen MR) is 211 cm³/mol. The molecule has 3 N–H and O–H groups in total. The molecule has 0 aliphatic rings. The lowest BCUT2D eigenvalue weighted by molar-refractivity contribution is -0.136. The van der Waals surface area contributed by atoms with E-state index in [-0.39, 0.29) is 35.7 Å². The first-order valence-electron chi connectivity index (χ1n) is 18.5. The minimum Gasteiger partial charge on any atom is -0.481 e. The van der Waals surface area contributed by atoms with E-state index in [1.807, 2.05) is 67.6 Å². The number of nitrogens with one attached hydrogen (secondary N) is 2. The molecule has 2 aromatic rings. The number of Topliss-reactive ketones (excluding diaryl/α,β-unsaturated/α-hetero) is 2. The second kappa shape index (κ2) is 33.0. The van der Waals surface area contributed by atoms with Gasteiger partial charge in [0.2, 0.25) is 11.8 Å². The molecule has 0 radical (unpaired) electrons. The van der Waals surface area contributed by atoms with Crippen LogP contribution in [0.4, 0.5) is 0 Å². The fourth-order valence-corrected chi connectivity index (χ4v) is 5.25. The van der Waals surface area contributed by atoms with Gasteiger partial charge >= 0.3 is 5.97 Å². The smallest absolute Gasteiger partial charge is 0.303 e. The average molecular weight is 746 g/mol. The van der Waals surface area contributed by atoms with Crippen LogP contribution in [0.3, 0.4) is 0 Å². The number of aldehydes is 1. The second-order valence-electron chi connectivity index (χ2n) is 12.3. The van der Waals surface area contributed by atoms with Crippen LogP contribution in [-0.4, -0.2) is 83.2 Å². The standard InChI is InChI=1S/C27H35ClN2O3.C9H19NO.C3H6O2.C2H4O/c1-3-5-16-23(25(31)19-28)30-27(33)22(17-20-12-8-6-9-13-20)24(29-26(32)4-2)18-21-14-10-7-11-15-21;1-4-6-10(7-5-2)8-9(3)11;1-2-3(4)5;1-2-3/h6-15,22-24H,3-5,16-19H2,1-2H3,(H,29,32)(H,30,33);4-8H2,1-3H3;2H2,1H3,(H,4,5);2H,1H3. The number of carboxylic acid groups (broad SMARTS) is 1. The first kappa shape index (κ1) is 50.2. The Labute approximate surface area is 317 Å². The molecule has 11 heteroatoms. The zero-order valence-corrected chi connectivity index (χ0v) is 33.3. The van der Waals surface area contributed by atoms with Crippen LogP contribution in [0.15, 0.2) is 60.7 Å². The lowest BCUT2D eigenvalue weighted by atomic mass is 9.86. The Morgan fingerprint density at radius 1 is 0.788 bits per heavy atom. The highest BCUT2D eigenvalue weighted by molar-refractivity contribution is 6.28. The van der Waals surface area contributed by atoms with Crippen LogP contribution in [0, 0.1) is 5.92 Å². The van der Waals surface area contributed by atoms with Crippen molar-refractivity contribution >= 4 is 47.2 Å². The molecule has 10 nitrogen and oxygen atoms in total. The zero-order valence-electron chi connectivity index (χ0n) is 32.5. The van der Waals surface area contributed by atoms with E-state index in [9.17, 15) is 24.0 Å². The maximum atomic E-state index is 13.6. The quantitative estimate of drug-likeness (QED) is 0.0928. The van der Waals surface area contributed by atoms with Crippen molar-refractivity contribution in [2.24, 2.45) is 5.92 Å². The summed E-state index contributed by atoms with van der Waals surface area (Å²) in [6, 6.07) is 18.5. The van der Waals surface area contributed by atoms with Crippen LogP contribution in [0.2, 0.25) is 0 Å². The lowest BCUT2D eigenvalue weighted by Crippen LogP contribution is -2.52. The summed E-state index contributed by atoms with van der Waals surface area (Å²) in [5.41, 5.74) is 2.03. The summed E-state index contributed by atoms with van der Waals surface area (Å²) in [5, 5.41) is 13.7.